The molecule has 0 saturated heterocycles. The molecule has 33 heavy (non-hydrogen) atoms. The molecular formula is C23H22ClN5O4. The van der Waals surface area contributed by atoms with Crippen LogP contribution in [0.5, 0.6) is 11.5 Å². The van der Waals surface area contributed by atoms with E-state index in [2.05, 4.69) is 20.6 Å². The van der Waals surface area contributed by atoms with Crippen LogP contribution in [0.1, 0.15) is 21.9 Å². The van der Waals surface area contributed by atoms with Crippen molar-refractivity contribution in [2.24, 2.45) is 0 Å². The highest BCUT2D eigenvalue weighted by molar-refractivity contribution is 6.30. The summed E-state index contributed by atoms with van der Waals surface area (Å²) < 4.78 is 17.7. The van der Waals surface area contributed by atoms with Crippen molar-refractivity contribution in [3.8, 4) is 22.6 Å². The minimum Gasteiger partial charge on any atom is -0.493 e. The summed E-state index contributed by atoms with van der Waals surface area (Å²) in [6, 6.07) is 12.4. The maximum atomic E-state index is 12.9. The zero-order valence-electron chi connectivity index (χ0n) is 18.5. The number of halogens is 1. The molecule has 4 rings (SSSR count). The summed E-state index contributed by atoms with van der Waals surface area (Å²) in [6.45, 7) is 2.01. The number of rotatable bonds is 7. The van der Waals surface area contributed by atoms with Crippen molar-refractivity contribution in [3.63, 3.8) is 0 Å². The van der Waals surface area contributed by atoms with Crippen LogP contribution in [0.3, 0.4) is 0 Å². The lowest BCUT2D eigenvalue weighted by Gasteiger charge is -2.10. The number of aromatic nitrogens is 4. The van der Waals surface area contributed by atoms with Gasteiger partial charge < -0.3 is 19.5 Å². The molecule has 0 atom stereocenters. The molecule has 0 fully saturated rings. The first-order chi connectivity index (χ1) is 16.0. The van der Waals surface area contributed by atoms with Crippen molar-refractivity contribution in [1.82, 2.24) is 19.8 Å². The molecule has 1 amide bonds. The monoisotopic (exact) mass is 467 g/mol. The first kappa shape index (κ1) is 22.5. The second-order valence-electron chi connectivity index (χ2n) is 7.16. The molecule has 9 nitrogen and oxygen atoms in total. The SMILES string of the molecule is COCc1nn2c(C)c(C(=O)Nc3cccc(Cl)c3)nnc2c1-c1ccc(OC)c(OC)c1. The van der Waals surface area contributed by atoms with Gasteiger partial charge in [0.05, 0.1) is 37.8 Å². The number of nitrogens with one attached hydrogen (secondary N) is 1. The molecule has 0 bridgehead atoms. The smallest absolute Gasteiger partial charge is 0.278 e. The molecule has 4 aromatic rings. The van der Waals surface area contributed by atoms with Crippen molar-refractivity contribution < 1.29 is 19.0 Å². The Bertz CT molecular complexity index is 1340. The van der Waals surface area contributed by atoms with Crippen LogP contribution in [-0.4, -0.2) is 47.0 Å². The average Bonchev–Trinajstić information content (AvgIpc) is 3.18. The summed E-state index contributed by atoms with van der Waals surface area (Å²) in [6.07, 6.45) is 0. The van der Waals surface area contributed by atoms with Gasteiger partial charge in [0.15, 0.2) is 22.8 Å². The van der Waals surface area contributed by atoms with Crippen LogP contribution in [0.2, 0.25) is 5.02 Å². The highest BCUT2D eigenvalue weighted by Gasteiger charge is 2.23. The van der Waals surface area contributed by atoms with E-state index < -0.39 is 5.91 Å². The fraction of sp³-hybridized carbons (Fsp3) is 0.217. The molecule has 10 heteroatoms. The molecular weight excluding hydrogens is 446 g/mol. The van der Waals surface area contributed by atoms with Gasteiger partial charge in [-0.15, -0.1) is 10.2 Å². The number of hydrogen-bond acceptors (Lipinski definition) is 7. The summed E-state index contributed by atoms with van der Waals surface area (Å²) in [5.41, 5.74) is 3.91. The second kappa shape index (κ2) is 9.43. The number of carbonyl (C=O) groups is 1. The minimum absolute atomic E-state index is 0.146. The Morgan fingerprint density at radius 1 is 1.06 bits per heavy atom. The quantitative estimate of drug-likeness (QED) is 0.435. The van der Waals surface area contributed by atoms with Gasteiger partial charge >= 0.3 is 0 Å². The highest BCUT2D eigenvalue weighted by Crippen LogP contribution is 2.35. The summed E-state index contributed by atoms with van der Waals surface area (Å²) in [5, 5.41) is 16.5. The van der Waals surface area contributed by atoms with Crippen molar-refractivity contribution in [2.45, 2.75) is 13.5 Å². The third kappa shape index (κ3) is 4.33. The van der Waals surface area contributed by atoms with E-state index in [0.29, 0.717) is 39.2 Å². The first-order valence-corrected chi connectivity index (χ1v) is 10.4. The third-order valence-electron chi connectivity index (χ3n) is 5.09. The summed E-state index contributed by atoms with van der Waals surface area (Å²) in [5.74, 6) is 0.758. The lowest BCUT2D eigenvalue weighted by Crippen LogP contribution is -2.18. The van der Waals surface area contributed by atoms with Gasteiger partial charge in [-0.3, -0.25) is 4.79 Å². The summed E-state index contributed by atoms with van der Waals surface area (Å²) >= 11 is 6.01. The van der Waals surface area contributed by atoms with Crippen molar-refractivity contribution >= 4 is 28.8 Å². The fourth-order valence-electron chi connectivity index (χ4n) is 3.54. The van der Waals surface area contributed by atoms with Gasteiger partial charge in [0, 0.05) is 17.8 Å². The van der Waals surface area contributed by atoms with Gasteiger partial charge in [0.1, 0.15) is 0 Å². The van der Waals surface area contributed by atoms with E-state index in [1.165, 1.54) is 0 Å². The van der Waals surface area contributed by atoms with Crippen molar-refractivity contribution in [3.05, 3.63) is 64.6 Å². The molecule has 2 heterocycles. The fourth-order valence-corrected chi connectivity index (χ4v) is 3.73. The molecule has 1 N–H and O–H groups in total. The average molecular weight is 468 g/mol. The molecule has 0 aliphatic heterocycles. The van der Waals surface area contributed by atoms with Crippen LogP contribution in [0, 0.1) is 6.92 Å². The topological polar surface area (TPSA) is 99.9 Å². The number of benzene rings is 2. The van der Waals surface area contributed by atoms with Crippen LogP contribution in [0.15, 0.2) is 42.5 Å². The number of carbonyl (C=O) groups excluding carboxylic acids is 1. The predicted molar refractivity (Wildman–Crippen MR) is 124 cm³/mol. The number of ether oxygens (including phenoxy) is 3. The highest BCUT2D eigenvalue weighted by atomic mass is 35.5. The van der Waals surface area contributed by atoms with Gasteiger partial charge in [-0.2, -0.15) is 5.10 Å². The van der Waals surface area contributed by atoms with Gasteiger partial charge in [-0.05, 0) is 42.8 Å². The van der Waals surface area contributed by atoms with Gasteiger partial charge in [0.25, 0.3) is 5.91 Å². The first-order valence-electron chi connectivity index (χ1n) is 10.00. The van der Waals surface area contributed by atoms with E-state index in [0.717, 1.165) is 11.1 Å². The molecule has 170 valence electrons. The number of nitrogens with zero attached hydrogens (tertiary/aromatic N) is 4. The number of fused-ring (bicyclic) bond motifs is 1. The number of aryl methyl sites for hydroxylation is 1. The van der Waals surface area contributed by atoms with E-state index in [4.69, 9.17) is 25.8 Å². The van der Waals surface area contributed by atoms with Gasteiger partial charge in [0.2, 0.25) is 0 Å². The molecule has 2 aromatic heterocycles. The van der Waals surface area contributed by atoms with Gasteiger partial charge in [-0.25, -0.2) is 4.52 Å². The number of amides is 1. The number of anilines is 1. The molecule has 2 aromatic carbocycles. The zero-order valence-corrected chi connectivity index (χ0v) is 19.3. The molecule has 0 aliphatic carbocycles. The normalized spacial score (nSPS) is 10.9. The van der Waals surface area contributed by atoms with Crippen LogP contribution < -0.4 is 14.8 Å². The van der Waals surface area contributed by atoms with Crippen LogP contribution in [0.4, 0.5) is 5.69 Å². The lowest BCUT2D eigenvalue weighted by atomic mass is 10.1. The largest absolute Gasteiger partial charge is 0.493 e. The molecule has 0 saturated carbocycles. The van der Waals surface area contributed by atoms with E-state index in [1.54, 1.807) is 63.1 Å². The number of hydrogen-bond donors (Lipinski definition) is 1. The standard InChI is InChI=1S/C23H22ClN5O4/c1-13-21(23(30)25-16-7-5-6-15(24)11-16)26-27-22-20(17(12-31-2)28-29(13)22)14-8-9-18(32-3)19(10-14)33-4/h5-11H,12H2,1-4H3,(H,25,30). The predicted octanol–water partition coefficient (Wildman–Crippen LogP) is 4.17. The lowest BCUT2D eigenvalue weighted by molar-refractivity contribution is 0.102. The van der Waals surface area contributed by atoms with Crippen molar-refractivity contribution in [2.75, 3.05) is 26.6 Å². The Labute approximate surface area is 195 Å². The van der Waals surface area contributed by atoms with Gasteiger partial charge in [-0.1, -0.05) is 23.7 Å². The Hall–Kier alpha value is -3.69. The van der Waals surface area contributed by atoms with E-state index in [9.17, 15) is 4.79 Å². The Morgan fingerprint density at radius 2 is 1.85 bits per heavy atom. The Balaban J connectivity index is 1.80. The molecule has 0 aliphatic rings. The van der Waals surface area contributed by atoms with Crippen LogP contribution >= 0.6 is 11.6 Å². The van der Waals surface area contributed by atoms with E-state index in [-0.39, 0.29) is 12.3 Å². The summed E-state index contributed by atoms with van der Waals surface area (Å²) in [7, 11) is 4.74. The van der Waals surface area contributed by atoms with Crippen LogP contribution in [0.25, 0.3) is 16.8 Å². The second-order valence-corrected chi connectivity index (χ2v) is 7.59. The third-order valence-corrected chi connectivity index (χ3v) is 5.32. The Morgan fingerprint density at radius 3 is 2.55 bits per heavy atom. The van der Waals surface area contributed by atoms with Crippen molar-refractivity contribution in [1.29, 1.82) is 0 Å². The van der Waals surface area contributed by atoms with Crippen LogP contribution in [-0.2, 0) is 11.3 Å². The molecule has 0 radical (unpaired) electrons. The zero-order chi connectivity index (χ0) is 23.5. The summed E-state index contributed by atoms with van der Waals surface area (Å²) in [4.78, 5) is 12.9. The minimum atomic E-state index is -0.416. The number of methoxy groups -OCH3 is 3. The Kier molecular flexibility index (Phi) is 6.43. The van der Waals surface area contributed by atoms with E-state index >= 15 is 0 Å². The van der Waals surface area contributed by atoms with E-state index in [1.807, 2.05) is 12.1 Å². The molecule has 0 unspecified atom stereocenters. The maximum Gasteiger partial charge on any atom is 0.278 e. The molecule has 0 spiro atoms. The maximum absolute atomic E-state index is 12.9.